The van der Waals surface area contributed by atoms with Gasteiger partial charge in [-0.25, -0.2) is 12.7 Å². The molecule has 0 bridgehead atoms. The van der Waals surface area contributed by atoms with E-state index in [2.05, 4.69) is 11.4 Å². The molecule has 0 heterocycles. The number of nitrogens with zero attached hydrogens (tertiary/aromatic N) is 1. The van der Waals surface area contributed by atoms with Crippen molar-refractivity contribution in [2.45, 2.75) is 36.7 Å². The van der Waals surface area contributed by atoms with Crippen LogP contribution in [0.25, 0.3) is 0 Å². The standard InChI is InChI=1S/C19H24N2O3S/c1-21(2)25(23,24)15-11-9-14(10-12-15)13-20-18-7-3-6-17-16(18)5-4-8-19(17)22/h4-5,8-12,18,20,22H,3,6-7,13H2,1-2H3. The fourth-order valence-electron chi connectivity index (χ4n) is 3.27. The van der Waals surface area contributed by atoms with Crippen LogP contribution >= 0.6 is 0 Å². The number of hydrogen-bond acceptors (Lipinski definition) is 4. The largest absolute Gasteiger partial charge is 0.508 e. The maximum absolute atomic E-state index is 12.1. The Balaban J connectivity index is 1.71. The van der Waals surface area contributed by atoms with Gasteiger partial charge in [0.25, 0.3) is 0 Å². The third-order valence-electron chi connectivity index (χ3n) is 4.74. The maximum atomic E-state index is 12.1. The Morgan fingerprint density at radius 1 is 1.16 bits per heavy atom. The number of sulfonamides is 1. The quantitative estimate of drug-likeness (QED) is 0.860. The average molecular weight is 360 g/mol. The zero-order chi connectivity index (χ0) is 18.0. The Labute approximate surface area is 149 Å². The number of rotatable bonds is 5. The highest BCUT2D eigenvalue weighted by molar-refractivity contribution is 7.89. The number of benzene rings is 2. The van der Waals surface area contributed by atoms with Crippen LogP contribution in [0.1, 0.15) is 35.6 Å². The summed E-state index contributed by atoms with van der Waals surface area (Å²) >= 11 is 0. The summed E-state index contributed by atoms with van der Waals surface area (Å²) in [6.07, 6.45) is 2.99. The van der Waals surface area contributed by atoms with E-state index in [0.29, 0.717) is 17.2 Å². The van der Waals surface area contributed by atoms with Crippen molar-refractivity contribution in [3.8, 4) is 5.75 Å². The molecule has 134 valence electrons. The molecule has 0 spiro atoms. The zero-order valence-corrected chi connectivity index (χ0v) is 15.4. The maximum Gasteiger partial charge on any atom is 0.242 e. The Bertz CT molecular complexity index is 845. The van der Waals surface area contributed by atoms with Gasteiger partial charge in [-0.15, -0.1) is 0 Å². The molecule has 0 aromatic heterocycles. The van der Waals surface area contributed by atoms with E-state index in [1.54, 1.807) is 18.2 Å². The van der Waals surface area contributed by atoms with Crippen molar-refractivity contribution in [3.05, 3.63) is 59.2 Å². The Kier molecular flexibility index (Phi) is 5.13. The van der Waals surface area contributed by atoms with Crippen molar-refractivity contribution in [1.82, 2.24) is 9.62 Å². The van der Waals surface area contributed by atoms with Crippen molar-refractivity contribution in [3.63, 3.8) is 0 Å². The highest BCUT2D eigenvalue weighted by Crippen LogP contribution is 2.34. The van der Waals surface area contributed by atoms with Crippen LogP contribution < -0.4 is 5.32 Å². The Hall–Kier alpha value is -1.89. The summed E-state index contributed by atoms with van der Waals surface area (Å²) in [4.78, 5) is 0.300. The Morgan fingerprint density at radius 2 is 1.88 bits per heavy atom. The van der Waals surface area contributed by atoms with Gasteiger partial charge in [0.1, 0.15) is 5.75 Å². The highest BCUT2D eigenvalue weighted by atomic mass is 32.2. The van der Waals surface area contributed by atoms with Gasteiger partial charge in [0, 0.05) is 26.7 Å². The second-order valence-electron chi connectivity index (χ2n) is 6.60. The summed E-state index contributed by atoms with van der Waals surface area (Å²) in [5, 5.41) is 13.6. The van der Waals surface area contributed by atoms with Crippen LogP contribution in [0.15, 0.2) is 47.4 Å². The predicted octanol–water partition coefficient (Wildman–Crippen LogP) is 2.81. The van der Waals surface area contributed by atoms with Gasteiger partial charge in [0.05, 0.1) is 4.90 Å². The SMILES string of the molecule is CN(C)S(=O)(=O)c1ccc(CNC2CCCc3c(O)cccc32)cc1. The first-order valence-electron chi connectivity index (χ1n) is 8.45. The van der Waals surface area contributed by atoms with E-state index in [-0.39, 0.29) is 6.04 Å². The molecule has 2 aromatic carbocycles. The van der Waals surface area contributed by atoms with Crippen LogP contribution in [0, 0.1) is 0 Å². The number of phenols is 1. The predicted molar refractivity (Wildman–Crippen MR) is 97.9 cm³/mol. The van der Waals surface area contributed by atoms with Gasteiger partial charge < -0.3 is 10.4 Å². The van der Waals surface area contributed by atoms with Crippen LogP contribution in [0.5, 0.6) is 5.75 Å². The minimum absolute atomic E-state index is 0.209. The smallest absolute Gasteiger partial charge is 0.242 e. The highest BCUT2D eigenvalue weighted by Gasteiger charge is 2.22. The Morgan fingerprint density at radius 3 is 2.56 bits per heavy atom. The molecule has 25 heavy (non-hydrogen) atoms. The van der Waals surface area contributed by atoms with Gasteiger partial charge in [-0.1, -0.05) is 24.3 Å². The number of hydrogen-bond donors (Lipinski definition) is 2. The summed E-state index contributed by atoms with van der Waals surface area (Å²) in [6, 6.07) is 12.9. The average Bonchev–Trinajstić information content (AvgIpc) is 2.60. The van der Waals surface area contributed by atoms with E-state index >= 15 is 0 Å². The molecule has 1 atom stereocenters. The lowest BCUT2D eigenvalue weighted by Crippen LogP contribution is -2.25. The topological polar surface area (TPSA) is 69.6 Å². The van der Waals surface area contributed by atoms with Crippen molar-refractivity contribution in [2.24, 2.45) is 0 Å². The fraction of sp³-hybridized carbons (Fsp3) is 0.368. The summed E-state index contributed by atoms with van der Waals surface area (Å²) in [6.45, 7) is 0.655. The molecular formula is C19H24N2O3S. The molecule has 1 aliphatic rings. The van der Waals surface area contributed by atoms with Gasteiger partial charge in [0.2, 0.25) is 10.0 Å². The summed E-state index contributed by atoms with van der Waals surface area (Å²) in [5.74, 6) is 0.377. The van der Waals surface area contributed by atoms with E-state index in [4.69, 9.17) is 0 Å². The number of fused-ring (bicyclic) bond motifs is 1. The number of nitrogens with one attached hydrogen (secondary N) is 1. The van der Waals surface area contributed by atoms with Gasteiger partial charge >= 0.3 is 0 Å². The molecule has 0 aliphatic heterocycles. The van der Waals surface area contributed by atoms with Crippen molar-refractivity contribution >= 4 is 10.0 Å². The molecule has 6 heteroatoms. The normalized spacial score (nSPS) is 17.5. The monoisotopic (exact) mass is 360 g/mol. The minimum Gasteiger partial charge on any atom is -0.508 e. The first-order chi connectivity index (χ1) is 11.9. The van der Waals surface area contributed by atoms with Crippen LogP contribution in [0.2, 0.25) is 0 Å². The zero-order valence-electron chi connectivity index (χ0n) is 14.6. The van der Waals surface area contributed by atoms with Gasteiger partial charge in [0.15, 0.2) is 0 Å². The third kappa shape index (κ3) is 3.71. The molecule has 0 amide bonds. The first kappa shape index (κ1) is 17.9. The second-order valence-corrected chi connectivity index (χ2v) is 8.75. The minimum atomic E-state index is -3.39. The molecular weight excluding hydrogens is 336 g/mol. The number of phenolic OH excluding ortho intramolecular Hbond substituents is 1. The van der Waals surface area contributed by atoms with Crippen molar-refractivity contribution in [1.29, 1.82) is 0 Å². The van der Waals surface area contributed by atoms with Crippen molar-refractivity contribution in [2.75, 3.05) is 14.1 Å². The van der Waals surface area contributed by atoms with Crippen LogP contribution in [0.4, 0.5) is 0 Å². The molecule has 1 aliphatic carbocycles. The van der Waals surface area contributed by atoms with Crippen molar-refractivity contribution < 1.29 is 13.5 Å². The molecule has 1 unspecified atom stereocenters. The first-order valence-corrected chi connectivity index (χ1v) is 9.89. The van der Waals surface area contributed by atoms with E-state index in [9.17, 15) is 13.5 Å². The molecule has 3 rings (SSSR count). The molecule has 0 fully saturated rings. The van der Waals surface area contributed by atoms with Crippen LogP contribution in [0.3, 0.4) is 0 Å². The fourth-order valence-corrected chi connectivity index (χ4v) is 4.17. The second kappa shape index (κ2) is 7.15. The number of aromatic hydroxyl groups is 1. The van der Waals surface area contributed by atoms with Crippen LogP contribution in [-0.4, -0.2) is 31.9 Å². The summed E-state index contributed by atoms with van der Waals surface area (Å²) < 4.78 is 25.4. The van der Waals surface area contributed by atoms with E-state index in [0.717, 1.165) is 36.0 Å². The van der Waals surface area contributed by atoms with Gasteiger partial charge in [-0.3, -0.25) is 0 Å². The van der Waals surface area contributed by atoms with Gasteiger partial charge in [-0.05, 0) is 54.2 Å². The molecule has 0 radical (unpaired) electrons. The molecule has 0 saturated heterocycles. The lowest BCUT2D eigenvalue weighted by molar-refractivity contribution is 0.429. The summed E-state index contributed by atoms with van der Waals surface area (Å²) in [5.41, 5.74) is 3.24. The molecule has 0 saturated carbocycles. The lowest BCUT2D eigenvalue weighted by Gasteiger charge is -2.27. The van der Waals surface area contributed by atoms with Gasteiger partial charge in [-0.2, -0.15) is 0 Å². The lowest BCUT2D eigenvalue weighted by atomic mass is 9.87. The molecule has 5 nitrogen and oxygen atoms in total. The third-order valence-corrected chi connectivity index (χ3v) is 6.57. The summed E-state index contributed by atoms with van der Waals surface area (Å²) in [7, 11) is -0.332. The molecule has 2 N–H and O–H groups in total. The van der Waals surface area contributed by atoms with E-state index in [1.165, 1.54) is 18.4 Å². The van der Waals surface area contributed by atoms with E-state index < -0.39 is 10.0 Å². The van der Waals surface area contributed by atoms with E-state index in [1.807, 2.05) is 18.2 Å². The molecule has 2 aromatic rings. The van der Waals surface area contributed by atoms with Crippen LogP contribution in [-0.2, 0) is 23.0 Å².